The summed E-state index contributed by atoms with van der Waals surface area (Å²) in [6.45, 7) is 2.31. The first-order valence-electron chi connectivity index (χ1n) is 13.7. The van der Waals surface area contributed by atoms with E-state index in [1.807, 2.05) is 37.3 Å². The van der Waals surface area contributed by atoms with Crippen LogP contribution in [0.25, 0.3) is 10.9 Å². The third kappa shape index (κ3) is 3.67. The molecule has 2 atom stereocenters. The number of carbonyl (C=O) groups excluding carboxylic acids is 3. The zero-order valence-electron chi connectivity index (χ0n) is 23.6. The van der Waals surface area contributed by atoms with Gasteiger partial charge in [0.25, 0.3) is 5.91 Å². The number of carbonyl (C=O) groups is 3. The number of fused-ring (bicyclic) bond motifs is 2. The van der Waals surface area contributed by atoms with Crippen molar-refractivity contribution in [3.8, 4) is 17.2 Å². The summed E-state index contributed by atoms with van der Waals surface area (Å²) in [7, 11) is 4.60. The molecule has 1 spiro atoms. The molecule has 4 aromatic rings. The monoisotopic (exact) mass is 583 g/mol. The zero-order chi connectivity index (χ0) is 29.3. The SMILES string of the molecule is COc1cc2cc(C(=O)N3C[C@H]4C[C@@]45C3=CC(=O)c3[nH]c(C)c(C(=O)SCc4ccccc4)c35)[nH]c2c(OC)c1OC. The molecule has 2 aromatic heterocycles. The van der Waals surface area contributed by atoms with Gasteiger partial charge < -0.3 is 29.1 Å². The van der Waals surface area contributed by atoms with E-state index in [-0.39, 0.29) is 22.7 Å². The Balaban J connectivity index is 1.24. The van der Waals surface area contributed by atoms with Crippen LogP contribution >= 0.6 is 11.8 Å². The van der Waals surface area contributed by atoms with Gasteiger partial charge in [-0.3, -0.25) is 14.4 Å². The molecule has 1 saturated carbocycles. The molecule has 0 radical (unpaired) electrons. The van der Waals surface area contributed by atoms with Gasteiger partial charge in [0, 0.05) is 46.1 Å². The maximum Gasteiger partial charge on any atom is 0.274 e. The summed E-state index contributed by atoms with van der Waals surface area (Å²) < 4.78 is 16.6. The van der Waals surface area contributed by atoms with Gasteiger partial charge in [-0.05, 0) is 37.0 Å². The van der Waals surface area contributed by atoms with Crippen molar-refractivity contribution in [3.05, 3.63) is 88.0 Å². The van der Waals surface area contributed by atoms with E-state index in [9.17, 15) is 14.4 Å². The molecule has 9 nitrogen and oxygen atoms in total. The Labute approximate surface area is 246 Å². The molecule has 2 fully saturated rings. The summed E-state index contributed by atoms with van der Waals surface area (Å²) in [5.41, 5.74) is 4.62. The van der Waals surface area contributed by atoms with Crippen LogP contribution in [0.15, 0.2) is 54.2 Å². The summed E-state index contributed by atoms with van der Waals surface area (Å²) in [6.07, 6.45) is 2.36. The summed E-state index contributed by atoms with van der Waals surface area (Å²) in [5.74, 6) is 1.53. The minimum absolute atomic E-state index is 0.0710. The third-order valence-electron chi connectivity index (χ3n) is 8.72. The van der Waals surface area contributed by atoms with Crippen molar-refractivity contribution in [1.29, 1.82) is 0 Å². The van der Waals surface area contributed by atoms with Gasteiger partial charge in [-0.1, -0.05) is 42.1 Å². The zero-order valence-corrected chi connectivity index (χ0v) is 24.4. The number of aromatic amines is 2. The number of ether oxygens (including phenoxy) is 3. The van der Waals surface area contributed by atoms with E-state index < -0.39 is 5.41 Å². The minimum atomic E-state index is -0.530. The van der Waals surface area contributed by atoms with Gasteiger partial charge in [0.1, 0.15) is 5.69 Å². The fraction of sp³-hybridized carbons (Fsp3) is 0.281. The van der Waals surface area contributed by atoms with Gasteiger partial charge in [0.15, 0.2) is 11.5 Å². The van der Waals surface area contributed by atoms with Crippen LogP contribution in [0.5, 0.6) is 17.2 Å². The Morgan fingerprint density at radius 1 is 1.05 bits per heavy atom. The lowest BCUT2D eigenvalue weighted by Gasteiger charge is -2.28. The Bertz CT molecular complexity index is 1840. The van der Waals surface area contributed by atoms with E-state index in [1.54, 1.807) is 30.2 Å². The van der Waals surface area contributed by atoms with E-state index >= 15 is 0 Å². The van der Waals surface area contributed by atoms with Crippen LogP contribution in [0.1, 0.15) is 54.6 Å². The molecule has 0 bridgehead atoms. The van der Waals surface area contributed by atoms with Crippen LogP contribution in [-0.2, 0) is 11.2 Å². The minimum Gasteiger partial charge on any atom is -0.493 e. The largest absolute Gasteiger partial charge is 0.493 e. The fourth-order valence-corrected chi connectivity index (χ4v) is 7.65. The highest BCUT2D eigenvalue weighted by atomic mass is 32.2. The number of methoxy groups -OCH3 is 3. The third-order valence-corrected chi connectivity index (χ3v) is 9.66. The van der Waals surface area contributed by atoms with Gasteiger partial charge >= 0.3 is 0 Å². The number of allylic oxidation sites excluding steroid dienone is 2. The predicted molar refractivity (Wildman–Crippen MR) is 159 cm³/mol. The number of nitrogens with zero attached hydrogens (tertiary/aromatic N) is 1. The molecule has 3 aliphatic rings. The lowest BCUT2D eigenvalue weighted by atomic mass is 9.83. The molecule has 1 saturated heterocycles. The molecule has 0 unspecified atom stereocenters. The Morgan fingerprint density at radius 2 is 1.81 bits per heavy atom. The van der Waals surface area contributed by atoms with Crippen LogP contribution < -0.4 is 14.2 Å². The highest BCUT2D eigenvalue weighted by Crippen LogP contribution is 2.67. The normalized spacial score (nSPS) is 20.1. The molecule has 1 amide bonds. The van der Waals surface area contributed by atoms with Crippen LogP contribution in [0.3, 0.4) is 0 Å². The lowest BCUT2D eigenvalue weighted by molar-refractivity contribution is 0.0806. The number of aromatic nitrogens is 2. The van der Waals surface area contributed by atoms with E-state index in [4.69, 9.17) is 14.2 Å². The molecule has 10 heteroatoms. The maximum atomic E-state index is 14.0. The van der Waals surface area contributed by atoms with Crippen molar-refractivity contribution < 1.29 is 28.6 Å². The van der Waals surface area contributed by atoms with Crippen molar-refractivity contribution in [3.63, 3.8) is 0 Å². The van der Waals surface area contributed by atoms with E-state index in [1.165, 1.54) is 26.0 Å². The van der Waals surface area contributed by atoms with Gasteiger partial charge in [0.05, 0.1) is 38.1 Å². The molecule has 2 aliphatic carbocycles. The average molecular weight is 584 g/mol. The number of ketones is 1. The van der Waals surface area contributed by atoms with Crippen molar-refractivity contribution >= 4 is 39.5 Å². The van der Waals surface area contributed by atoms with Crippen molar-refractivity contribution in [1.82, 2.24) is 14.9 Å². The molecule has 214 valence electrons. The Hall–Kier alpha value is -4.44. The molecular weight excluding hydrogens is 554 g/mol. The topological polar surface area (TPSA) is 114 Å². The number of nitrogens with one attached hydrogen (secondary N) is 2. The lowest BCUT2D eigenvalue weighted by Crippen LogP contribution is -2.34. The number of likely N-dealkylation sites (tertiary alicyclic amines) is 1. The number of amides is 1. The number of rotatable bonds is 7. The second kappa shape index (κ2) is 9.55. The van der Waals surface area contributed by atoms with Crippen LogP contribution in [0.2, 0.25) is 0 Å². The Morgan fingerprint density at radius 3 is 2.52 bits per heavy atom. The molecular formula is C32H29N3O6S. The summed E-state index contributed by atoms with van der Waals surface area (Å²) in [4.78, 5) is 49.1. The highest BCUT2D eigenvalue weighted by molar-refractivity contribution is 8.13. The van der Waals surface area contributed by atoms with E-state index in [2.05, 4.69) is 9.97 Å². The molecule has 3 heterocycles. The van der Waals surface area contributed by atoms with Crippen molar-refractivity contribution in [2.75, 3.05) is 27.9 Å². The standard InChI is InChI=1S/C32H29N3O6S/c1-16-24(31(38)42-15-17-8-6-5-7-9-17)25-27(33-16)21(36)12-23-32(25)13-19(32)14-35(23)30(37)20-10-18-11-22(39-2)28(40-3)29(41-4)26(18)34-20/h5-12,19,33-34H,13-15H2,1-4H3/t19-,32+/m1/s1. The quantitative estimate of drug-likeness (QED) is 0.300. The number of hydrogen-bond donors (Lipinski definition) is 2. The van der Waals surface area contributed by atoms with Crippen LogP contribution in [0.4, 0.5) is 0 Å². The van der Waals surface area contributed by atoms with Crippen LogP contribution in [0, 0.1) is 12.8 Å². The molecule has 42 heavy (non-hydrogen) atoms. The maximum absolute atomic E-state index is 14.0. The number of H-pyrrole nitrogens is 2. The van der Waals surface area contributed by atoms with Crippen molar-refractivity contribution in [2.45, 2.75) is 24.5 Å². The fourth-order valence-electron chi connectivity index (χ4n) is 6.76. The first-order valence-corrected chi connectivity index (χ1v) is 14.6. The smallest absolute Gasteiger partial charge is 0.274 e. The number of aryl methyl sites for hydroxylation is 1. The number of piperidine rings is 1. The molecule has 2 aromatic carbocycles. The van der Waals surface area contributed by atoms with E-state index in [0.717, 1.165) is 22.9 Å². The van der Waals surface area contributed by atoms with E-state index in [0.29, 0.717) is 63.4 Å². The van der Waals surface area contributed by atoms with Crippen LogP contribution in [-0.4, -0.2) is 59.5 Å². The summed E-state index contributed by atoms with van der Waals surface area (Å²) in [5, 5.41) is 0.658. The molecule has 7 rings (SSSR count). The first kappa shape index (κ1) is 26.5. The second-order valence-electron chi connectivity index (χ2n) is 10.9. The molecule has 1 aliphatic heterocycles. The first-order chi connectivity index (χ1) is 20.3. The molecule has 2 N–H and O–H groups in total. The summed E-state index contributed by atoms with van der Waals surface area (Å²) in [6, 6.07) is 13.4. The second-order valence-corrected chi connectivity index (χ2v) is 11.9. The van der Waals surface area contributed by atoms with Gasteiger partial charge in [-0.2, -0.15) is 0 Å². The average Bonchev–Trinajstić information content (AvgIpc) is 3.26. The van der Waals surface area contributed by atoms with Crippen molar-refractivity contribution in [2.24, 2.45) is 5.92 Å². The number of hydrogen-bond acceptors (Lipinski definition) is 7. The van der Waals surface area contributed by atoms with Gasteiger partial charge in [-0.25, -0.2) is 0 Å². The Kier molecular flexibility index (Phi) is 6.02. The predicted octanol–water partition coefficient (Wildman–Crippen LogP) is 5.40. The van der Waals surface area contributed by atoms with Gasteiger partial charge in [0.2, 0.25) is 16.6 Å². The van der Waals surface area contributed by atoms with Gasteiger partial charge in [-0.15, -0.1) is 0 Å². The highest BCUT2D eigenvalue weighted by Gasteiger charge is 2.69. The summed E-state index contributed by atoms with van der Waals surface area (Å²) >= 11 is 1.24. The number of thioether (sulfide) groups is 1. The number of benzene rings is 2.